The predicted molar refractivity (Wildman–Crippen MR) is 70.0 cm³/mol. The van der Waals surface area contributed by atoms with E-state index in [-0.39, 0.29) is 18.4 Å². The first kappa shape index (κ1) is 12.6. The second-order valence-corrected chi connectivity index (χ2v) is 4.75. The number of nitrogens with one attached hydrogen (secondary N) is 2. The molecule has 4 N–H and O–H groups in total. The van der Waals surface area contributed by atoms with Crippen molar-refractivity contribution in [1.82, 2.24) is 20.3 Å². The molecule has 2 aromatic heterocycles. The van der Waals surface area contributed by atoms with Crippen LogP contribution in [0, 0.1) is 0 Å². The fourth-order valence-corrected chi connectivity index (χ4v) is 2.21. The van der Waals surface area contributed by atoms with Crippen molar-refractivity contribution in [3.8, 4) is 0 Å². The van der Waals surface area contributed by atoms with Gasteiger partial charge in [-0.25, -0.2) is 9.97 Å². The van der Waals surface area contributed by atoms with Crippen LogP contribution in [-0.2, 0) is 11.2 Å². The van der Waals surface area contributed by atoms with Gasteiger partial charge in [0.25, 0.3) is 0 Å². The van der Waals surface area contributed by atoms with Crippen LogP contribution in [0.25, 0.3) is 0 Å². The van der Waals surface area contributed by atoms with Crippen LogP contribution in [0.3, 0.4) is 0 Å². The Hall–Kier alpha value is -1.89. The number of amides is 1. The maximum Gasteiger partial charge on any atom is 0.226 e. The predicted octanol–water partition coefficient (Wildman–Crippen LogP) is 1.26. The molecule has 0 bridgehead atoms. The molecule has 0 fully saturated rings. The monoisotopic (exact) mass is 265 g/mol. The molecule has 2 rings (SSSR count). The molecule has 1 amide bonds. The molecular formula is C11H15N5OS. The Morgan fingerprint density at radius 1 is 1.67 bits per heavy atom. The summed E-state index contributed by atoms with van der Waals surface area (Å²) in [4.78, 5) is 23.1. The zero-order chi connectivity index (χ0) is 13.0. The number of thiazole rings is 1. The standard InChI is InChI=1S/C11H15N5OS/c1-2-8(10-13-3-4-14-10)16-9(17)5-7-6-18-11(12)15-7/h3-4,6,8H,2,5H2,1H3,(H2,12,15)(H,13,14)(H,16,17). The van der Waals surface area contributed by atoms with Crippen LogP contribution in [-0.4, -0.2) is 20.9 Å². The van der Waals surface area contributed by atoms with Crippen molar-refractivity contribution in [2.75, 3.05) is 5.73 Å². The molecule has 18 heavy (non-hydrogen) atoms. The lowest BCUT2D eigenvalue weighted by molar-refractivity contribution is -0.121. The Balaban J connectivity index is 1.94. The Morgan fingerprint density at radius 2 is 2.50 bits per heavy atom. The number of anilines is 1. The van der Waals surface area contributed by atoms with Crippen LogP contribution in [0.4, 0.5) is 5.13 Å². The van der Waals surface area contributed by atoms with E-state index in [0.717, 1.165) is 12.2 Å². The minimum absolute atomic E-state index is 0.0800. The zero-order valence-corrected chi connectivity index (χ0v) is 10.8. The number of nitrogens with two attached hydrogens (primary N) is 1. The Kier molecular flexibility index (Phi) is 3.93. The lowest BCUT2D eigenvalue weighted by Crippen LogP contribution is -2.30. The minimum Gasteiger partial charge on any atom is -0.375 e. The van der Waals surface area contributed by atoms with Gasteiger partial charge in [-0.2, -0.15) is 0 Å². The number of aromatic nitrogens is 3. The highest BCUT2D eigenvalue weighted by atomic mass is 32.1. The topological polar surface area (TPSA) is 96.7 Å². The number of imidazole rings is 1. The molecule has 0 aliphatic rings. The molecule has 0 aromatic carbocycles. The summed E-state index contributed by atoms with van der Waals surface area (Å²) in [5, 5.41) is 5.19. The second-order valence-electron chi connectivity index (χ2n) is 3.86. The average Bonchev–Trinajstić information content (AvgIpc) is 2.98. The molecule has 0 aliphatic heterocycles. The van der Waals surface area contributed by atoms with Gasteiger partial charge >= 0.3 is 0 Å². The summed E-state index contributed by atoms with van der Waals surface area (Å²) in [6.45, 7) is 1.99. The molecule has 0 saturated heterocycles. The van der Waals surface area contributed by atoms with Gasteiger partial charge in [0.15, 0.2) is 5.13 Å². The fourth-order valence-electron chi connectivity index (χ4n) is 1.65. The third-order valence-corrected chi connectivity index (χ3v) is 3.23. The van der Waals surface area contributed by atoms with Crippen LogP contribution < -0.4 is 11.1 Å². The van der Waals surface area contributed by atoms with E-state index in [0.29, 0.717) is 10.8 Å². The fraction of sp³-hybridized carbons (Fsp3) is 0.364. The van der Waals surface area contributed by atoms with Gasteiger partial charge in [0, 0.05) is 17.8 Å². The third kappa shape index (κ3) is 3.07. The highest BCUT2D eigenvalue weighted by molar-refractivity contribution is 7.13. The maximum atomic E-state index is 11.9. The van der Waals surface area contributed by atoms with Crippen LogP contribution in [0.15, 0.2) is 17.8 Å². The second kappa shape index (κ2) is 5.63. The van der Waals surface area contributed by atoms with Crippen LogP contribution in [0.1, 0.15) is 30.9 Å². The van der Waals surface area contributed by atoms with Crippen molar-refractivity contribution in [1.29, 1.82) is 0 Å². The number of aromatic amines is 1. The largest absolute Gasteiger partial charge is 0.375 e. The number of nitrogens with zero attached hydrogens (tertiary/aromatic N) is 2. The van der Waals surface area contributed by atoms with Crippen LogP contribution in [0.2, 0.25) is 0 Å². The molecule has 0 saturated carbocycles. The normalized spacial score (nSPS) is 12.3. The van der Waals surface area contributed by atoms with Gasteiger partial charge in [-0.1, -0.05) is 6.92 Å². The van der Waals surface area contributed by atoms with Crippen LogP contribution in [0.5, 0.6) is 0 Å². The summed E-state index contributed by atoms with van der Waals surface area (Å²) in [7, 11) is 0. The maximum absolute atomic E-state index is 11.9. The number of hydrogen-bond acceptors (Lipinski definition) is 5. The van der Waals surface area contributed by atoms with Crippen molar-refractivity contribution in [3.05, 3.63) is 29.3 Å². The van der Waals surface area contributed by atoms with Crippen molar-refractivity contribution in [2.45, 2.75) is 25.8 Å². The Bertz CT molecular complexity index is 507. The molecule has 2 heterocycles. The van der Waals surface area contributed by atoms with E-state index in [1.807, 2.05) is 6.92 Å². The third-order valence-electron chi connectivity index (χ3n) is 2.50. The van der Waals surface area contributed by atoms with E-state index in [9.17, 15) is 4.79 Å². The van der Waals surface area contributed by atoms with Gasteiger partial charge in [-0.15, -0.1) is 11.3 Å². The number of carbonyl (C=O) groups is 1. The Morgan fingerprint density at radius 3 is 3.06 bits per heavy atom. The number of carbonyl (C=O) groups excluding carboxylic acids is 1. The molecule has 0 radical (unpaired) electrons. The van der Waals surface area contributed by atoms with E-state index >= 15 is 0 Å². The molecule has 2 aromatic rings. The molecule has 1 unspecified atom stereocenters. The Labute approximate surface area is 109 Å². The van der Waals surface area contributed by atoms with Gasteiger partial charge in [0.2, 0.25) is 5.91 Å². The summed E-state index contributed by atoms with van der Waals surface area (Å²) in [6, 6.07) is -0.0940. The van der Waals surface area contributed by atoms with Gasteiger partial charge in [0.05, 0.1) is 18.2 Å². The number of nitrogen functional groups attached to an aromatic ring is 1. The molecule has 0 aliphatic carbocycles. The molecule has 6 nitrogen and oxygen atoms in total. The lowest BCUT2D eigenvalue weighted by atomic mass is 10.2. The summed E-state index contributed by atoms with van der Waals surface area (Å²) in [5.74, 6) is 0.687. The summed E-state index contributed by atoms with van der Waals surface area (Å²) < 4.78 is 0. The van der Waals surface area contributed by atoms with E-state index in [1.165, 1.54) is 11.3 Å². The van der Waals surface area contributed by atoms with Crippen molar-refractivity contribution < 1.29 is 4.79 Å². The highest BCUT2D eigenvalue weighted by Crippen LogP contribution is 2.14. The molecule has 1 atom stereocenters. The summed E-state index contributed by atoms with van der Waals surface area (Å²) in [5.41, 5.74) is 6.22. The highest BCUT2D eigenvalue weighted by Gasteiger charge is 2.15. The van der Waals surface area contributed by atoms with Gasteiger partial charge in [-0.05, 0) is 6.42 Å². The molecule has 7 heteroatoms. The van der Waals surface area contributed by atoms with E-state index in [2.05, 4.69) is 20.3 Å². The van der Waals surface area contributed by atoms with Gasteiger partial charge in [0.1, 0.15) is 5.82 Å². The van der Waals surface area contributed by atoms with E-state index in [4.69, 9.17) is 5.73 Å². The first-order chi connectivity index (χ1) is 8.69. The van der Waals surface area contributed by atoms with E-state index < -0.39 is 0 Å². The van der Waals surface area contributed by atoms with Crippen molar-refractivity contribution in [3.63, 3.8) is 0 Å². The summed E-state index contributed by atoms with van der Waals surface area (Å²) >= 11 is 1.34. The molecule has 0 spiro atoms. The quantitative estimate of drug-likeness (QED) is 0.758. The summed E-state index contributed by atoms with van der Waals surface area (Å²) in [6.07, 6.45) is 4.43. The minimum atomic E-state index is -0.0940. The van der Waals surface area contributed by atoms with Gasteiger partial charge < -0.3 is 16.0 Å². The SMILES string of the molecule is CCC(NC(=O)Cc1csc(N)n1)c1ncc[nH]1. The first-order valence-electron chi connectivity index (χ1n) is 5.67. The number of hydrogen-bond donors (Lipinski definition) is 3. The zero-order valence-electron chi connectivity index (χ0n) is 10.0. The number of rotatable bonds is 5. The van der Waals surface area contributed by atoms with E-state index in [1.54, 1.807) is 17.8 Å². The van der Waals surface area contributed by atoms with Crippen LogP contribution >= 0.6 is 11.3 Å². The molecular weight excluding hydrogens is 250 g/mol. The molecule has 96 valence electrons. The average molecular weight is 265 g/mol. The number of H-pyrrole nitrogens is 1. The first-order valence-corrected chi connectivity index (χ1v) is 6.55. The van der Waals surface area contributed by atoms with Crippen molar-refractivity contribution in [2.24, 2.45) is 0 Å². The lowest BCUT2D eigenvalue weighted by Gasteiger charge is -2.14. The smallest absolute Gasteiger partial charge is 0.226 e. The van der Waals surface area contributed by atoms with Crippen molar-refractivity contribution >= 4 is 22.4 Å². The van der Waals surface area contributed by atoms with Gasteiger partial charge in [-0.3, -0.25) is 4.79 Å².